The Bertz CT molecular complexity index is 1110. The summed E-state index contributed by atoms with van der Waals surface area (Å²) in [7, 11) is 0. The second-order valence-corrected chi connectivity index (χ2v) is 6.62. The first-order valence-electron chi connectivity index (χ1n) is 8.90. The molecule has 4 aromatic rings. The van der Waals surface area contributed by atoms with E-state index in [9.17, 15) is 4.79 Å². The topological polar surface area (TPSA) is 95.6 Å². The summed E-state index contributed by atoms with van der Waals surface area (Å²) in [6.45, 7) is 0.436. The fraction of sp³-hybridized carbons (Fsp3) is 0.0476. The average Bonchev–Trinajstić information content (AvgIpc) is 3.24. The molecule has 0 fully saturated rings. The molecule has 144 valence electrons. The van der Waals surface area contributed by atoms with Gasteiger partial charge in [0.05, 0.1) is 17.3 Å². The van der Waals surface area contributed by atoms with Crippen LogP contribution in [0.3, 0.4) is 0 Å². The first-order chi connectivity index (χ1) is 14.2. The van der Waals surface area contributed by atoms with E-state index in [0.29, 0.717) is 34.5 Å². The monoisotopic (exact) mass is 404 g/mol. The molecular formula is C21H17ClN6O. The number of pyridine rings is 1. The van der Waals surface area contributed by atoms with Crippen molar-refractivity contribution in [3.8, 4) is 11.4 Å². The molecule has 29 heavy (non-hydrogen) atoms. The Labute approximate surface area is 172 Å². The number of amides is 1. The summed E-state index contributed by atoms with van der Waals surface area (Å²) in [5.41, 5.74) is 2.77. The minimum Gasteiger partial charge on any atom is -0.378 e. The Morgan fingerprint density at radius 1 is 1.03 bits per heavy atom. The van der Waals surface area contributed by atoms with Gasteiger partial charge >= 0.3 is 0 Å². The van der Waals surface area contributed by atoms with Gasteiger partial charge < -0.3 is 10.6 Å². The molecule has 0 atom stereocenters. The molecule has 4 rings (SSSR count). The molecule has 0 saturated heterocycles. The maximum absolute atomic E-state index is 12.4. The van der Waals surface area contributed by atoms with Gasteiger partial charge in [0.25, 0.3) is 5.91 Å². The molecule has 0 aliphatic heterocycles. The molecule has 0 spiro atoms. The SMILES string of the molecule is O=C(Nc1cc(NCc2nc(-c3ccncc3)n[nH]2)ccc1Cl)c1ccccc1. The number of carbonyl (C=O) groups is 1. The molecule has 0 aliphatic carbocycles. The van der Waals surface area contributed by atoms with Crippen LogP contribution in [0.1, 0.15) is 16.2 Å². The van der Waals surface area contributed by atoms with Gasteiger partial charge in [0.15, 0.2) is 5.82 Å². The van der Waals surface area contributed by atoms with Crippen molar-refractivity contribution in [3.05, 3.63) is 89.5 Å². The molecule has 2 aromatic heterocycles. The molecule has 1 amide bonds. The summed E-state index contributed by atoms with van der Waals surface area (Å²) in [5.74, 6) is 1.07. The van der Waals surface area contributed by atoms with Crippen molar-refractivity contribution in [3.63, 3.8) is 0 Å². The number of halogens is 1. The van der Waals surface area contributed by atoms with Crippen LogP contribution in [0, 0.1) is 0 Å². The highest BCUT2D eigenvalue weighted by Gasteiger charge is 2.10. The lowest BCUT2D eigenvalue weighted by molar-refractivity contribution is 0.102. The summed E-state index contributed by atoms with van der Waals surface area (Å²) in [5, 5.41) is 13.7. The Morgan fingerprint density at radius 2 is 1.83 bits per heavy atom. The van der Waals surface area contributed by atoms with E-state index in [1.54, 1.807) is 36.7 Å². The van der Waals surface area contributed by atoms with E-state index in [0.717, 1.165) is 11.3 Å². The van der Waals surface area contributed by atoms with Gasteiger partial charge in [-0.05, 0) is 42.5 Å². The minimum atomic E-state index is -0.220. The number of hydrogen-bond acceptors (Lipinski definition) is 5. The van der Waals surface area contributed by atoms with Gasteiger partial charge in [-0.15, -0.1) is 0 Å². The van der Waals surface area contributed by atoms with Crippen LogP contribution in [0.25, 0.3) is 11.4 Å². The molecule has 0 radical (unpaired) electrons. The summed E-state index contributed by atoms with van der Waals surface area (Å²) in [6.07, 6.45) is 3.39. The van der Waals surface area contributed by atoms with Gasteiger partial charge in [0.1, 0.15) is 5.82 Å². The number of rotatable bonds is 6. The van der Waals surface area contributed by atoms with Crippen LogP contribution in [0.2, 0.25) is 5.02 Å². The van der Waals surface area contributed by atoms with Crippen molar-refractivity contribution < 1.29 is 4.79 Å². The normalized spacial score (nSPS) is 10.5. The zero-order valence-corrected chi connectivity index (χ0v) is 16.0. The first-order valence-corrected chi connectivity index (χ1v) is 9.28. The van der Waals surface area contributed by atoms with Gasteiger partial charge in [0.2, 0.25) is 0 Å². The van der Waals surface area contributed by atoms with Crippen LogP contribution in [-0.2, 0) is 6.54 Å². The number of hydrogen-bond donors (Lipinski definition) is 3. The van der Waals surface area contributed by atoms with Crippen molar-refractivity contribution in [1.82, 2.24) is 20.2 Å². The van der Waals surface area contributed by atoms with Gasteiger partial charge in [-0.1, -0.05) is 29.8 Å². The summed E-state index contributed by atoms with van der Waals surface area (Å²) in [4.78, 5) is 20.8. The largest absolute Gasteiger partial charge is 0.378 e. The maximum Gasteiger partial charge on any atom is 0.255 e. The first kappa shape index (κ1) is 18.6. The molecule has 0 unspecified atom stereocenters. The van der Waals surface area contributed by atoms with Crippen LogP contribution in [-0.4, -0.2) is 26.1 Å². The molecule has 0 aliphatic rings. The van der Waals surface area contributed by atoms with E-state index in [4.69, 9.17) is 11.6 Å². The second kappa shape index (κ2) is 8.53. The summed E-state index contributed by atoms with van der Waals surface area (Å²) in [6, 6.07) is 18.0. The predicted molar refractivity (Wildman–Crippen MR) is 113 cm³/mol. The fourth-order valence-electron chi connectivity index (χ4n) is 2.71. The molecule has 3 N–H and O–H groups in total. The Hall–Kier alpha value is -3.71. The molecule has 2 heterocycles. The average molecular weight is 405 g/mol. The number of aromatic amines is 1. The molecule has 8 heteroatoms. The van der Waals surface area contributed by atoms with Crippen molar-refractivity contribution in [1.29, 1.82) is 0 Å². The van der Waals surface area contributed by atoms with Crippen molar-refractivity contribution >= 4 is 28.9 Å². The number of benzene rings is 2. The van der Waals surface area contributed by atoms with Crippen molar-refractivity contribution in [2.45, 2.75) is 6.54 Å². The zero-order valence-electron chi connectivity index (χ0n) is 15.3. The Balaban J connectivity index is 1.43. The molecule has 0 saturated carbocycles. The van der Waals surface area contributed by atoms with E-state index >= 15 is 0 Å². The molecule has 2 aromatic carbocycles. The highest BCUT2D eigenvalue weighted by molar-refractivity contribution is 6.34. The highest BCUT2D eigenvalue weighted by Crippen LogP contribution is 2.26. The van der Waals surface area contributed by atoms with Crippen LogP contribution in [0.5, 0.6) is 0 Å². The van der Waals surface area contributed by atoms with E-state index in [-0.39, 0.29) is 5.91 Å². The number of nitrogens with zero attached hydrogens (tertiary/aromatic N) is 3. The Morgan fingerprint density at radius 3 is 2.62 bits per heavy atom. The number of nitrogens with one attached hydrogen (secondary N) is 3. The van der Waals surface area contributed by atoms with Crippen molar-refractivity contribution in [2.24, 2.45) is 0 Å². The minimum absolute atomic E-state index is 0.220. The van der Waals surface area contributed by atoms with Gasteiger partial charge in [0, 0.05) is 29.2 Å². The number of carbonyl (C=O) groups excluding carboxylic acids is 1. The van der Waals surface area contributed by atoms with Gasteiger partial charge in [-0.2, -0.15) is 5.10 Å². The van der Waals surface area contributed by atoms with E-state index in [1.807, 2.05) is 36.4 Å². The summed E-state index contributed by atoms with van der Waals surface area (Å²) < 4.78 is 0. The maximum atomic E-state index is 12.4. The molecular weight excluding hydrogens is 388 g/mol. The highest BCUT2D eigenvalue weighted by atomic mass is 35.5. The molecule has 0 bridgehead atoms. The predicted octanol–water partition coefficient (Wildman–Crippen LogP) is 4.38. The van der Waals surface area contributed by atoms with Crippen LogP contribution >= 0.6 is 11.6 Å². The lowest BCUT2D eigenvalue weighted by atomic mass is 10.2. The van der Waals surface area contributed by atoms with E-state index in [2.05, 4.69) is 30.8 Å². The zero-order chi connectivity index (χ0) is 20.1. The van der Waals surface area contributed by atoms with Crippen molar-refractivity contribution in [2.75, 3.05) is 10.6 Å². The third kappa shape index (κ3) is 4.59. The third-order valence-corrected chi connectivity index (χ3v) is 4.51. The molecule has 7 nitrogen and oxygen atoms in total. The van der Waals surface area contributed by atoms with Crippen LogP contribution in [0.15, 0.2) is 73.1 Å². The van der Waals surface area contributed by atoms with Gasteiger partial charge in [-0.3, -0.25) is 14.9 Å². The second-order valence-electron chi connectivity index (χ2n) is 6.21. The smallest absolute Gasteiger partial charge is 0.255 e. The standard InChI is InChI=1S/C21H17ClN6O/c22-17-7-6-16(12-18(17)25-21(29)15-4-2-1-3-5-15)24-13-19-26-20(28-27-19)14-8-10-23-11-9-14/h1-12,24H,13H2,(H,25,29)(H,26,27,28). The lowest BCUT2D eigenvalue weighted by Gasteiger charge is -2.10. The van der Waals surface area contributed by atoms with E-state index < -0.39 is 0 Å². The third-order valence-electron chi connectivity index (χ3n) is 4.18. The number of H-pyrrole nitrogens is 1. The van der Waals surface area contributed by atoms with Crippen LogP contribution < -0.4 is 10.6 Å². The lowest BCUT2D eigenvalue weighted by Crippen LogP contribution is -2.12. The van der Waals surface area contributed by atoms with E-state index in [1.165, 1.54) is 0 Å². The number of anilines is 2. The van der Waals surface area contributed by atoms with Crippen LogP contribution in [0.4, 0.5) is 11.4 Å². The quantitative estimate of drug-likeness (QED) is 0.443. The Kier molecular flexibility index (Phi) is 5.49. The van der Waals surface area contributed by atoms with Gasteiger partial charge in [-0.25, -0.2) is 4.98 Å². The fourth-order valence-corrected chi connectivity index (χ4v) is 2.87. The number of aromatic nitrogens is 4. The summed E-state index contributed by atoms with van der Waals surface area (Å²) >= 11 is 6.24.